The molecule has 0 saturated heterocycles. The minimum atomic E-state index is -4.43. The van der Waals surface area contributed by atoms with Gasteiger partial charge in [0, 0.05) is 6.54 Å². The van der Waals surface area contributed by atoms with Crippen LogP contribution in [0.4, 0.5) is 18.0 Å². The van der Waals surface area contributed by atoms with Crippen molar-refractivity contribution in [1.82, 2.24) is 5.32 Å². The SMILES string of the molecule is O=C(O)NCCCOc1cc(C(F)(F)F)ccc1Br. The van der Waals surface area contributed by atoms with Gasteiger partial charge in [0.25, 0.3) is 0 Å². The fraction of sp³-hybridized carbons (Fsp3) is 0.364. The molecule has 0 radical (unpaired) electrons. The lowest BCUT2D eigenvalue weighted by Gasteiger charge is -2.12. The molecule has 19 heavy (non-hydrogen) atoms. The molecule has 0 heterocycles. The summed E-state index contributed by atoms with van der Waals surface area (Å²) in [5, 5.41) is 10.4. The standard InChI is InChI=1S/C11H11BrF3NO3/c12-8-3-2-7(11(13,14)15)6-9(8)19-5-1-4-16-10(17)18/h2-3,6,16H,1,4-5H2,(H,17,18). The van der Waals surface area contributed by atoms with Gasteiger partial charge >= 0.3 is 12.3 Å². The summed E-state index contributed by atoms with van der Waals surface area (Å²) in [6, 6.07) is 3.10. The van der Waals surface area contributed by atoms with Crippen LogP contribution in [0.25, 0.3) is 0 Å². The van der Waals surface area contributed by atoms with Gasteiger partial charge in [0.05, 0.1) is 16.6 Å². The Morgan fingerprint density at radius 3 is 2.68 bits per heavy atom. The Kier molecular flexibility index (Phi) is 5.46. The van der Waals surface area contributed by atoms with Gasteiger partial charge in [0.15, 0.2) is 0 Å². The smallest absolute Gasteiger partial charge is 0.416 e. The Labute approximate surface area is 115 Å². The molecule has 0 unspecified atom stereocenters. The second-order valence-electron chi connectivity index (χ2n) is 3.58. The van der Waals surface area contributed by atoms with Gasteiger partial charge in [-0.3, -0.25) is 0 Å². The fourth-order valence-corrected chi connectivity index (χ4v) is 1.60. The predicted molar refractivity (Wildman–Crippen MR) is 65.3 cm³/mol. The van der Waals surface area contributed by atoms with Gasteiger partial charge in [-0.1, -0.05) is 0 Å². The molecule has 0 aliphatic carbocycles. The zero-order chi connectivity index (χ0) is 14.5. The normalized spacial score (nSPS) is 11.2. The number of rotatable bonds is 5. The maximum atomic E-state index is 12.5. The van der Waals surface area contributed by atoms with E-state index in [1.54, 1.807) is 0 Å². The van der Waals surface area contributed by atoms with Crippen LogP contribution in [0.2, 0.25) is 0 Å². The van der Waals surface area contributed by atoms with Crippen LogP contribution >= 0.6 is 15.9 Å². The van der Waals surface area contributed by atoms with Crippen molar-refractivity contribution in [1.29, 1.82) is 0 Å². The molecule has 0 aliphatic heterocycles. The summed E-state index contributed by atoms with van der Waals surface area (Å²) < 4.78 is 43.0. The number of carboxylic acid groups (broad SMARTS) is 1. The minimum Gasteiger partial charge on any atom is -0.492 e. The second kappa shape index (κ2) is 6.65. The maximum absolute atomic E-state index is 12.5. The van der Waals surface area contributed by atoms with Gasteiger partial charge in [0.1, 0.15) is 5.75 Å². The number of benzene rings is 1. The Morgan fingerprint density at radius 2 is 2.11 bits per heavy atom. The van der Waals surface area contributed by atoms with Gasteiger partial charge in [-0.15, -0.1) is 0 Å². The maximum Gasteiger partial charge on any atom is 0.416 e. The number of hydrogen-bond donors (Lipinski definition) is 2. The van der Waals surface area contributed by atoms with Crippen molar-refractivity contribution >= 4 is 22.0 Å². The lowest BCUT2D eigenvalue weighted by molar-refractivity contribution is -0.137. The summed E-state index contributed by atoms with van der Waals surface area (Å²) in [6.07, 6.45) is -5.22. The second-order valence-corrected chi connectivity index (χ2v) is 4.43. The highest BCUT2D eigenvalue weighted by Crippen LogP contribution is 2.35. The van der Waals surface area contributed by atoms with Crippen molar-refractivity contribution in [3.05, 3.63) is 28.2 Å². The molecule has 0 aromatic heterocycles. The van der Waals surface area contributed by atoms with E-state index in [4.69, 9.17) is 9.84 Å². The molecule has 0 aliphatic rings. The van der Waals surface area contributed by atoms with E-state index in [0.29, 0.717) is 10.9 Å². The van der Waals surface area contributed by atoms with Gasteiger partial charge in [-0.25, -0.2) is 4.79 Å². The number of hydrogen-bond acceptors (Lipinski definition) is 2. The van der Waals surface area contributed by atoms with E-state index in [2.05, 4.69) is 21.2 Å². The Balaban J connectivity index is 2.55. The van der Waals surface area contributed by atoms with Gasteiger partial charge in [0.2, 0.25) is 0 Å². The molecule has 0 atom stereocenters. The van der Waals surface area contributed by atoms with E-state index in [0.717, 1.165) is 12.1 Å². The third kappa shape index (κ3) is 5.37. The average molecular weight is 342 g/mol. The fourth-order valence-electron chi connectivity index (χ4n) is 1.24. The van der Waals surface area contributed by atoms with Crippen LogP contribution in [0.5, 0.6) is 5.75 Å². The molecule has 1 aromatic rings. The van der Waals surface area contributed by atoms with Gasteiger partial charge < -0.3 is 15.2 Å². The third-order valence-corrected chi connectivity index (χ3v) is 2.77. The lowest BCUT2D eigenvalue weighted by atomic mass is 10.2. The summed E-state index contributed by atoms with van der Waals surface area (Å²) in [7, 11) is 0. The van der Waals surface area contributed by atoms with Crippen LogP contribution in [0, 0.1) is 0 Å². The monoisotopic (exact) mass is 341 g/mol. The first-order valence-electron chi connectivity index (χ1n) is 5.27. The van der Waals surface area contributed by atoms with Crippen molar-refractivity contribution in [2.45, 2.75) is 12.6 Å². The number of ether oxygens (including phenoxy) is 1. The summed E-state index contributed by atoms with van der Waals surface area (Å²) in [6.45, 7) is 0.284. The van der Waals surface area contributed by atoms with E-state index in [9.17, 15) is 18.0 Å². The zero-order valence-electron chi connectivity index (χ0n) is 9.63. The molecule has 0 saturated carbocycles. The highest BCUT2D eigenvalue weighted by molar-refractivity contribution is 9.10. The number of amides is 1. The highest BCUT2D eigenvalue weighted by Gasteiger charge is 2.31. The number of nitrogens with one attached hydrogen (secondary N) is 1. The Morgan fingerprint density at radius 1 is 1.42 bits per heavy atom. The molecular weight excluding hydrogens is 331 g/mol. The van der Waals surface area contributed by atoms with Crippen LogP contribution in [0.1, 0.15) is 12.0 Å². The predicted octanol–water partition coefficient (Wildman–Crippen LogP) is 3.50. The lowest BCUT2D eigenvalue weighted by Crippen LogP contribution is -2.23. The summed E-state index contributed by atoms with van der Waals surface area (Å²) in [5.74, 6) is 0.0742. The summed E-state index contributed by atoms with van der Waals surface area (Å²) in [4.78, 5) is 10.2. The number of carbonyl (C=O) groups is 1. The first-order valence-corrected chi connectivity index (χ1v) is 6.06. The van der Waals surface area contributed by atoms with E-state index in [-0.39, 0.29) is 18.9 Å². The topological polar surface area (TPSA) is 58.6 Å². The van der Waals surface area contributed by atoms with E-state index in [1.807, 2.05) is 0 Å². The largest absolute Gasteiger partial charge is 0.492 e. The Bertz CT molecular complexity index is 451. The average Bonchev–Trinajstić information content (AvgIpc) is 2.29. The molecule has 106 valence electrons. The third-order valence-electron chi connectivity index (χ3n) is 2.11. The van der Waals surface area contributed by atoms with E-state index in [1.165, 1.54) is 6.07 Å². The highest BCUT2D eigenvalue weighted by atomic mass is 79.9. The van der Waals surface area contributed by atoms with Crippen LogP contribution in [-0.2, 0) is 6.18 Å². The Hall–Kier alpha value is -1.44. The van der Waals surface area contributed by atoms with Crippen molar-refractivity contribution < 1.29 is 27.8 Å². The van der Waals surface area contributed by atoms with Crippen LogP contribution in [0.15, 0.2) is 22.7 Å². The number of alkyl halides is 3. The molecule has 2 N–H and O–H groups in total. The van der Waals surface area contributed by atoms with Crippen molar-refractivity contribution in [3.8, 4) is 5.75 Å². The quantitative estimate of drug-likeness (QED) is 0.806. The van der Waals surface area contributed by atoms with Crippen molar-refractivity contribution in [3.63, 3.8) is 0 Å². The molecule has 8 heteroatoms. The molecule has 0 fully saturated rings. The number of halogens is 4. The minimum absolute atomic E-state index is 0.0742. The zero-order valence-corrected chi connectivity index (χ0v) is 11.2. The van der Waals surface area contributed by atoms with Crippen LogP contribution in [0.3, 0.4) is 0 Å². The van der Waals surface area contributed by atoms with Crippen LogP contribution in [-0.4, -0.2) is 24.4 Å². The first-order chi connectivity index (χ1) is 8.80. The molecule has 4 nitrogen and oxygen atoms in total. The molecule has 1 aromatic carbocycles. The first kappa shape index (κ1) is 15.6. The summed E-state index contributed by atoms with van der Waals surface area (Å²) in [5.41, 5.74) is -0.797. The molecule has 0 spiro atoms. The molecular formula is C11H11BrF3NO3. The molecule has 1 rings (SSSR count). The van der Waals surface area contributed by atoms with E-state index < -0.39 is 17.8 Å². The van der Waals surface area contributed by atoms with E-state index >= 15 is 0 Å². The molecule has 0 bridgehead atoms. The van der Waals surface area contributed by atoms with Gasteiger partial charge in [-0.2, -0.15) is 13.2 Å². The van der Waals surface area contributed by atoms with Crippen LogP contribution < -0.4 is 10.1 Å². The van der Waals surface area contributed by atoms with Crippen molar-refractivity contribution in [2.24, 2.45) is 0 Å². The molecule has 1 amide bonds. The van der Waals surface area contributed by atoms with Crippen molar-refractivity contribution in [2.75, 3.05) is 13.2 Å². The van der Waals surface area contributed by atoms with Gasteiger partial charge in [-0.05, 0) is 40.5 Å². The summed E-state index contributed by atoms with van der Waals surface area (Å²) >= 11 is 3.09.